The van der Waals surface area contributed by atoms with Crippen LogP contribution in [0.25, 0.3) is 0 Å². The van der Waals surface area contributed by atoms with Crippen molar-refractivity contribution in [3.63, 3.8) is 0 Å². The number of nitrogens with one attached hydrogen (secondary N) is 2. The smallest absolute Gasteiger partial charge is 0.679 e. The number of nitrogens with two attached hydrogens (primary N) is 1. The Kier molecular flexibility index (Phi) is 44.1. The lowest BCUT2D eigenvalue weighted by atomic mass is 10.2. The molecule has 8 N–H and O–H groups in total. The van der Waals surface area contributed by atoms with Gasteiger partial charge in [-0.05, 0) is 80.6 Å². The molecule has 0 aromatic carbocycles. The van der Waals surface area contributed by atoms with Gasteiger partial charge in [0.2, 0.25) is 0 Å². The highest BCUT2D eigenvalue weighted by Gasteiger charge is 2.44. The number of rotatable bonds is 26. The van der Waals surface area contributed by atoms with Crippen molar-refractivity contribution in [2.45, 2.75) is 114 Å². The maximum Gasteiger partial charge on any atom is 0.679 e. The molecule has 0 spiro atoms. The van der Waals surface area contributed by atoms with Crippen LogP contribution in [0.5, 0.6) is 0 Å². The lowest BCUT2D eigenvalue weighted by Crippen LogP contribution is -2.50. The monoisotopic (exact) mass is 708 g/mol. The van der Waals surface area contributed by atoms with Crippen LogP contribution in [0, 0.1) is 0 Å². The molecule has 46 heavy (non-hydrogen) atoms. The molecule has 0 aliphatic heterocycles. The number of quaternary nitrogens is 1. The van der Waals surface area contributed by atoms with E-state index in [2.05, 4.69) is 33.0 Å². The van der Waals surface area contributed by atoms with E-state index in [0.29, 0.717) is 58.8 Å². The number of amides is 2. The summed E-state index contributed by atoms with van der Waals surface area (Å²) in [6.07, 6.45) is 6.06. The predicted octanol–water partition coefficient (Wildman–Crippen LogP) is 5.59. The van der Waals surface area contributed by atoms with Gasteiger partial charge in [0, 0.05) is 58.8 Å². The van der Waals surface area contributed by atoms with Crippen molar-refractivity contribution in [2.75, 3.05) is 79.0 Å². The fourth-order valence-electron chi connectivity index (χ4n) is 5.08. The van der Waals surface area contributed by atoms with E-state index in [1.54, 1.807) is 0 Å². The third-order valence-electron chi connectivity index (χ3n) is 6.25. The standard InChI is InChI=1S/C12H28N.C10H25N3O4Si.C8H20O4Si.H3N.H2O/c1-5-9-13(10-6-2,11-7-3)12-8-4;1-4-15-18(16-5-2,17-6-3)9-7-8-12-10(14)13-11;1-5-9-13(10-6-2,11-7-3)12-8-4;;/h5-12H2,1-4H3;4-9,11H2,1-3H3,(H2,12,13,14);5-8H2,1-4H3;1H3;1H2/q+1;;;;/p-1. The van der Waals surface area contributed by atoms with Crippen molar-refractivity contribution >= 4 is 23.9 Å². The second-order valence-corrected chi connectivity index (χ2v) is 14.8. The maximum atomic E-state index is 10.9. The largest absolute Gasteiger partial charge is 0.870 e. The molecular formula is C30H77N5O9Si2. The highest BCUT2D eigenvalue weighted by molar-refractivity contribution is 6.60. The molecule has 284 valence electrons. The number of nitrogens with zero attached hydrogens (tertiary/aromatic N) is 1. The number of urea groups is 1. The minimum absolute atomic E-state index is 0. The fourth-order valence-corrected chi connectivity index (χ4v) is 9.61. The van der Waals surface area contributed by atoms with Gasteiger partial charge in [-0.3, -0.25) is 5.43 Å². The van der Waals surface area contributed by atoms with Crippen LogP contribution in [0.4, 0.5) is 4.79 Å². The van der Waals surface area contributed by atoms with Gasteiger partial charge in [0.1, 0.15) is 0 Å². The zero-order valence-electron chi connectivity index (χ0n) is 31.7. The number of hydrazine groups is 1. The van der Waals surface area contributed by atoms with Crippen molar-refractivity contribution in [2.24, 2.45) is 5.84 Å². The second kappa shape index (κ2) is 37.1. The molecule has 0 saturated heterocycles. The molecule has 0 fully saturated rings. The highest BCUT2D eigenvalue weighted by Crippen LogP contribution is 2.18. The number of hydrogen-bond acceptors (Lipinski definition) is 11. The van der Waals surface area contributed by atoms with E-state index >= 15 is 0 Å². The first-order valence-electron chi connectivity index (χ1n) is 17.2. The molecule has 0 saturated carbocycles. The fraction of sp³-hybridized carbons (Fsp3) is 0.967. The van der Waals surface area contributed by atoms with Crippen LogP contribution in [0.15, 0.2) is 0 Å². The zero-order chi connectivity index (χ0) is 34.2. The van der Waals surface area contributed by atoms with Crippen LogP contribution in [0.3, 0.4) is 0 Å². The summed E-state index contributed by atoms with van der Waals surface area (Å²) in [5, 5.41) is 2.61. The van der Waals surface area contributed by atoms with E-state index in [4.69, 9.17) is 36.8 Å². The summed E-state index contributed by atoms with van der Waals surface area (Å²) in [5.41, 5.74) is 2.01. The highest BCUT2D eigenvalue weighted by atomic mass is 28.4. The molecule has 0 heterocycles. The van der Waals surface area contributed by atoms with Gasteiger partial charge in [0.25, 0.3) is 0 Å². The molecule has 0 aromatic heterocycles. The first kappa shape index (κ1) is 54.7. The van der Waals surface area contributed by atoms with Crippen molar-refractivity contribution in [1.82, 2.24) is 16.9 Å². The molecule has 0 aromatic rings. The number of carbonyl (C=O) groups is 1. The zero-order valence-corrected chi connectivity index (χ0v) is 33.7. The minimum atomic E-state index is -2.80. The first-order valence-corrected chi connectivity index (χ1v) is 20.8. The van der Waals surface area contributed by atoms with E-state index in [0.717, 1.165) is 6.42 Å². The SMILES string of the molecule is CCC[N+](CCC)(CCC)CCC.CCO[Si](CCCNC(=O)NN)(OCC)OCC.CCO[Si](OCC)(OCC)OCC.N.[OH-]. The Balaban J connectivity index is -0.000000182. The Hall–Kier alpha value is -0.736. The molecular weight excluding hydrogens is 631 g/mol. The van der Waals surface area contributed by atoms with Gasteiger partial charge in [-0.1, -0.05) is 27.7 Å². The van der Waals surface area contributed by atoms with Gasteiger partial charge < -0.3 is 52.4 Å². The molecule has 0 unspecified atom stereocenters. The second-order valence-electron chi connectivity index (χ2n) is 9.95. The normalized spacial score (nSPS) is 11.2. The van der Waals surface area contributed by atoms with Gasteiger partial charge in [-0.2, -0.15) is 0 Å². The molecule has 2 amide bonds. The molecule has 0 rings (SSSR count). The number of carbonyl (C=O) groups excluding carboxylic acids is 1. The lowest BCUT2D eigenvalue weighted by molar-refractivity contribution is -0.928. The lowest BCUT2D eigenvalue weighted by Gasteiger charge is -2.38. The van der Waals surface area contributed by atoms with Crippen molar-refractivity contribution in [3.05, 3.63) is 0 Å². The summed E-state index contributed by atoms with van der Waals surface area (Å²) in [6, 6.07) is 0.277. The summed E-state index contributed by atoms with van der Waals surface area (Å²) in [4.78, 5) is 10.9. The number of hydrogen-bond donors (Lipinski definition) is 4. The quantitative estimate of drug-likeness (QED) is 0.0218. The Morgan fingerprint density at radius 3 is 1.13 bits per heavy atom. The van der Waals surface area contributed by atoms with E-state index in [1.807, 2.05) is 53.9 Å². The van der Waals surface area contributed by atoms with Gasteiger partial charge in [0.05, 0.1) is 26.2 Å². The van der Waals surface area contributed by atoms with Crippen LogP contribution in [0.1, 0.15) is 108 Å². The van der Waals surface area contributed by atoms with Crippen molar-refractivity contribution < 1.29 is 45.7 Å². The summed E-state index contributed by atoms with van der Waals surface area (Å²) in [6.45, 7) is 32.5. The third kappa shape index (κ3) is 27.2. The molecule has 0 atom stereocenters. The summed E-state index contributed by atoms with van der Waals surface area (Å²) >= 11 is 0. The topological polar surface area (TPSA) is 197 Å². The van der Waals surface area contributed by atoms with Gasteiger partial charge in [-0.15, -0.1) is 0 Å². The van der Waals surface area contributed by atoms with Crippen molar-refractivity contribution in [3.8, 4) is 0 Å². The molecule has 0 radical (unpaired) electrons. The average molecular weight is 708 g/mol. The first-order chi connectivity index (χ1) is 21.1. The van der Waals surface area contributed by atoms with Crippen LogP contribution < -0.4 is 22.7 Å². The van der Waals surface area contributed by atoms with Gasteiger partial charge >= 0.3 is 23.9 Å². The van der Waals surface area contributed by atoms with Gasteiger partial charge in [0.15, 0.2) is 0 Å². The summed E-state index contributed by atoms with van der Waals surface area (Å²) in [7, 11) is -5.38. The Morgan fingerprint density at radius 1 is 0.587 bits per heavy atom. The van der Waals surface area contributed by atoms with E-state index in [1.165, 1.54) is 56.3 Å². The maximum absolute atomic E-state index is 10.9. The molecule has 0 aliphatic carbocycles. The van der Waals surface area contributed by atoms with E-state index in [9.17, 15) is 4.79 Å². The van der Waals surface area contributed by atoms with Crippen LogP contribution in [-0.2, 0) is 31.0 Å². The predicted molar refractivity (Wildman–Crippen MR) is 191 cm³/mol. The average Bonchev–Trinajstić information content (AvgIpc) is 2.97. The van der Waals surface area contributed by atoms with Crippen molar-refractivity contribution in [1.29, 1.82) is 0 Å². The summed E-state index contributed by atoms with van der Waals surface area (Å²) in [5.74, 6) is 4.96. The minimum Gasteiger partial charge on any atom is -0.870 e. The van der Waals surface area contributed by atoms with Crippen LogP contribution in [0.2, 0.25) is 6.04 Å². The Labute approximate surface area is 285 Å². The molecule has 0 aliphatic rings. The van der Waals surface area contributed by atoms with E-state index < -0.39 is 23.9 Å². The Morgan fingerprint density at radius 2 is 0.891 bits per heavy atom. The van der Waals surface area contributed by atoms with Crippen LogP contribution >= 0.6 is 0 Å². The summed E-state index contributed by atoms with van der Waals surface area (Å²) < 4.78 is 40.1. The van der Waals surface area contributed by atoms with Crippen LogP contribution in [-0.4, -0.2) is 113 Å². The van der Waals surface area contributed by atoms with Gasteiger partial charge in [-0.25, -0.2) is 10.6 Å². The third-order valence-corrected chi connectivity index (χ3v) is 12.0. The molecule has 14 nitrogen and oxygen atoms in total. The Bertz CT molecular complexity index is 529. The van der Waals surface area contributed by atoms with E-state index in [-0.39, 0.29) is 11.6 Å². The molecule has 16 heteroatoms. The molecule has 0 bridgehead atoms.